The summed E-state index contributed by atoms with van der Waals surface area (Å²) in [5.74, 6) is -0.343. The number of aliphatic hydroxyl groups excluding tert-OH is 3. The first-order valence-electron chi connectivity index (χ1n) is 8.54. The Balaban J connectivity index is 1.88. The Labute approximate surface area is 151 Å². The van der Waals surface area contributed by atoms with Crippen molar-refractivity contribution in [2.75, 3.05) is 6.61 Å². The number of carbonyl (C=O) groups excluding carboxylic acids is 1. The molecule has 1 aromatic carbocycles. The number of phenolic OH excluding ortho intramolecular Hbond substituents is 1. The number of hydrogen-bond acceptors (Lipinski definition) is 8. The van der Waals surface area contributed by atoms with E-state index in [0.717, 1.165) is 5.56 Å². The van der Waals surface area contributed by atoms with E-state index in [1.165, 1.54) is 6.92 Å². The van der Waals surface area contributed by atoms with Gasteiger partial charge in [-0.1, -0.05) is 12.1 Å². The minimum absolute atomic E-state index is 0.197. The molecule has 8 heteroatoms. The van der Waals surface area contributed by atoms with E-state index >= 15 is 0 Å². The highest BCUT2D eigenvalue weighted by Gasteiger charge is 2.45. The Bertz CT molecular complexity index is 575. The van der Waals surface area contributed by atoms with Gasteiger partial charge in [-0.3, -0.25) is 4.79 Å². The van der Waals surface area contributed by atoms with Crippen molar-refractivity contribution >= 4 is 5.97 Å². The van der Waals surface area contributed by atoms with Crippen LogP contribution in [-0.4, -0.2) is 69.8 Å². The molecule has 0 aliphatic carbocycles. The first-order valence-corrected chi connectivity index (χ1v) is 8.54. The van der Waals surface area contributed by atoms with E-state index in [-0.39, 0.29) is 18.5 Å². The fourth-order valence-electron chi connectivity index (χ4n) is 2.70. The van der Waals surface area contributed by atoms with Gasteiger partial charge in [0.05, 0.1) is 6.10 Å². The Morgan fingerprint density at radius 3 is 2.42 bits per heavy atom. The van der Waals surface area contributed by atoms with Crippen LogP contribution < -0.4 is 0 Å². The summed E-state index contributed by atoms with van der Waals surface area (Å²) >= 11 is 0. The fourth-order valence-corrected chi connectivity index (χ4v) is 2.70. The second-order valence-corrected chi connectivity index (χ2v) is 6.47. The van der Waals surface area contributed by atoms with Crippen molar-refractivity contribution in [3.63, 3.8) is 0 Å². The smallest absolute Gasteiger partial charge is 0.302 e. The molecule has 0 amide bonds. The van der Waals surface area contributed by atoms with Gasteiger partial charge in [0.25, 0.3) is 0 Å². The lowest BCUT2D eigenvalue weighted by Gasteiger charge is -2.40. The molecule has 6 unspecified atom stereocenters. The molecule has 1 aliphatic rings. The number of aryl methyl sites for hydroxylation is 1. The third-order valence-corrected chi connectivity index (χ3v) is 4.26. The molecular weight excluding hydrogens is 344 g/mol. The van der Waals surface area contributed by atoms with E-state index in [1.54, 1.807) is 19.1 Å². The van der Waals surface area contributed by atoms with Gasteiger partial charge < -0.3 is 34.6 Å². The van der Waals surface area contributed by atoms with Crippen molar-refractivity contribution in [1.29, 1.82) is 0 Å². The van der Waals surface area contributed by atoms with E-state index in [9.17, 15) is 25.2 Å². The number of benzene rings is 1. The standard InChI is InChI=1S/C18H26O8/c1-10(3-4-12-5-7-13(20)8-6-12)25-18-17(23)16(22)15(21)14(26-18)9-24-11(2)19/h5-8,10,14-18,20-23H,3-4,9H2,1-2H3. The van der Waals surface area contributed by atoms with E-state index in [0.29, 0.717) is 12.8 Å². The maximum Gasteiger partial charge on any atom is 0.302 e. The third-order valence-electron chi connectivity index (χ3n) is 4.26. The largest absolute Gasteiger partial charge is 0.508 e. The molecule has 1 aromatic rings. The second kappa shape index (κ2) is 9.29. The monoisotopic (exact) mass is 370 g/mol. The molecule has 4 N–H and O–H groups in total. The van der Waals surface area contributed by atoms with Gasteiger partial charge in [0, 0.05) is 6.92 Å². The lowest BCUT2D eigenvalue weighted by atomic mass is 9.99. The number of hydrogen-bond donors (Lipinski definition) is 4. The van der Waals surface area contributed by atoms with E-state index < -0.39 is 36.7 Å². The van der Waals surface area contributed by atoms with E-state index in [2.05, 4.69) is 0 Å². The van der Waals surface area contributed by atoms with Crippen molar-refractivity contribution in [2.24, 2.45) is 0 Å². The molecule has 146 valence electrons. The summed E-state index contributed by atoms with van der Waals surface area (Å²) in [4.78, 5) is 10.9. The van der Waals surface area contributed by atoms with E-state index in [4.69, 9.17) is 14.2 Å². The van der Waals surface area contributed by atoms with Crippen LogP contribution in [0.4, 0.5) is 0 Å². The van der Waals surface area contributed by atoms with Crippen LogP contribution in [0, 0.1) is 0 Å². The number of rotatable bonds is 7. The molecule has 1 aliphatic heterocycles. The van der Waals surface area contributed by atoms with Crippen LogP contribution in [-0.2, 0) is 25.4 Å². The van der Waals surface area contributed by atoms with Gasteiger partial charge in [-0.15, -0.1) is 0 Å². The first-order chi connectivity index (χ1) is 12.3. The van der Waals surface area contributed by atoms with E-state index in [1.807, 2.05) is 12.1 Å². The lowest BCUT2D eigenvalue weighted by molar-refractivity contribution is -0.310. The molecule has 1 saturated heterocycles. The summed E-state index contributed by atoms with van der Waals surface area (Å²) in [6, 6.07) is 6.82. The van der Waals surface area contributed by atoms with Gasteiger partial charge in [-0.2, -0.15) is 0 Å². The normalized spacial score (nSPS) is 30.0. The molecule has 1 heterocycles. The number of esters is 1. The average Bonchev–Trinajstić information content (AvgIpc) is 2.60. The number of carbonyl (C=O) groups is 1. The zero-order valence-electron chi connectivity index (χ0n) is 14.8. The molecule has 6 atom stereocenters. The summed E-state index contributed by atoms with van der Waals surface area (Å²) in [6.07, 6.45) is -5.43. The molecule has 8 nitrogen and oxygen atoms in total. The predicted molar refractivity (Wildman–Crippen MR) is 90.3 cm³/mol. The minimum atomic E-state index is -1.47. The first kappa shape index (κ1) is 20.6. The van der Waals surface area contributed by atoms with Crippen LogP contribution in [0.2, 0.25) is 0 Å². The molecule has 0 saturated carbocycles. The summed E-state index contributed by atoms with van der Waals surface area (Å²) in [6.45, 7) is 2.77. The molecule has 0 spiro atoms. The Kier molecular flexibility index (Phi) is 7.36. The van der Waals surface area contributed by atoms with Crippen molar-refractivity contribution < 1.29 is 39.4 Å². The van der Waals surface area contributed by atoms with Gasteiger partial charge in [0.2, 0.25) is 0 Å². The molecule has 0 bridgehead atoms. The number of aliphatic hydroxyl groups is 3. The van der Waals surface area contributed by atoms with Gasteiger partial charge in [0.1, 0.15) is 36.8 Å². The van der Waals surface area contributed by atoms with Gasteiger partial charge in [-0.25, -0.2) is 0 Å². The second-order valence-electron chi connectivity index (χ2n) is 6.47. The highest BCUT2D eigenvalue weighted by Crippen LogP contribution is 2.24. The summed E-state index contributed by atoms with van der Waals surface area (Å²) < 4.78 is 16.0. The van der Waals surface area contributed by atoms with Crippen molar-refractivity contribution in [1.82, 2.24) is 0 Å². The van der Waals surface area contributed by atoms with Crippen molar-refractivity contribution in [2.45, 2.75) is 63.5 Å². The van der Waals surface area contributed by atoms with Crippen LogP contribution >= 0.6 is 0 Å². The Hall–Kier alpha value is -1.71. The van der Waals surface area contributed by atoms with Gasteiger partial charge in [0.15, 0.2) is 6.29 Å². The molecule has 0 radical (unpaired) electrons. The fraction of sp³-hybridized carbons (Fsp3) is 0.611. The lowest BCUT2D eigenvalue weighted by Crippen LogP contribution is -2.59. The minimum Gasteiger partial charge on any atom is -0.508 e. The maximum atomic E-state index is 10.9. The molecule has 2 rings (SSSR count). The van der Waals surface area contributed by atoms with Crippen LogP contribution in [0.5, 0.6) is 5.75 Å². The summed E-state index contributed by atoms with van der Waals surface area (Å²) in [5.41, 5.74) is 1.02. The summed E-state index contributed by atoms with van der Waals surface area (Å²) in [7, 11) is 0. The Morgan fingerprint density at radius 1 is 1.15 bits per heavy atom. The average molecular weight is 370 g/mol. The number of ether oxygens (including phenoxy) is 3. The van der Waals surface area contributed by atoms with Crippen LogP contribution in [0.3, 0.4) is 0 Å². The third kappa shape index (κ3) is 5.65. The number of phenols is 1. The van der Waals surface area contributed by atoms with Crippen molar-refractivity contribution in [3.8, 4) is 5.75 Å². The zero-order chi connectivity index (χ0) is 19.3. The summed E-state index contributed by atoms with van der Waals surface area (Å²) in [5, 5.41) is 39.3. The van der Waals surface area contributed by atoms with Crippen molar-refractivity contribution in [3.05, 3.63) is 29.8 Å². The maximum absolute atomic E-state index is 10.9. The van der Waals surface area contributed by atoms with Crippen LogP contribution in [0.15, 0.2) is 24.3 Å². The van der Waals surface area contributed by atoms with Gasteiger partial charge >= 0.3 is 5.97 Å². The molecule has 1 fully saturated rings. The SMILES string of the molecule is CC(=O)OCC1OC(OC(C)CCc2ccc(O)cc2)C(O)C(O)C1O. The van der Waals surface area contributed by atoms with Crippen LogP contribution in [0.1, 0.15) is 25.8 Å². The Morgan fingerprint density at radius 2 is 1.81 bits per heavy atom. The molecule has 0 aromatic heterocycles. The molecular formula is C18H26O8. The topological polar surface area (TPSA) is 126 Å². The highest BCUT2D eigenvalue weighted by atomic mass is 16.7. The zero-order valence-corrected chi connectivity index (χ0v) is 14.8. The number of aromatic hydroxyl groups is 1. The van der Waals surface area contributed by atoms with Crippen LogP contribution in [0.25, 0.3) is 0 Å². The van der Waals surface area contributed by atoms with Gasteiger partial charge in [-0.05, 0) is 37.5 Å². The highest BCUT2D eigenvalue weighted by molar-refractivity contribution is 5.65. The molecule has 26 heavy (non-hydrogen) atoms. The predicted octanol–water partition coefficient (Wildman–Crippen LogP) is 0.101. The quantitative estimate of drug-likeness (QED) is 0.498.